The van der Waals surface area contributed by atoms with Crippen LogP contribution in [-0.2, 0) is 6.54 Å². The first-order chi connectivity index (χ1) is 9.70. The molecule has 0 spiro atoms. The van der Waals surface area contributed by atoms with Gasteiger partial charge in [-0.05, 0) is 32.0 Å². The zero-order chi connectivity index (χ0) is 14.1. The first-order valence-corrected chi connectivity index (χ1v) is 6.76. The molecule has 4 nitrogen and oxygen atoms in total. The standard InChI is InChI=1S/C16H18N4/c1-10-6-4-5-7-13(10)15-19-11(2)14-12(8-17-3)9-18-16(14)20-15/h4-7,9,17H,8H2,1-3H3,(H,18,19,20). The van der Waals surface area contributed by atoms with E-state index in [4.69, 9.17) is 0 Å². The molecule has 0 fully saturated rings. The number of aryl methyl sites for hydroxylation is 2. The van der Waals surface area contributed by atoms with Gasteiger partial charge in [0.2, 0.25) is 0 Å². The van der Waals surface area contributed by atoms with Gasteiger partial charge in [0.1, 0.15) is 5.65 Å². The number of benzene rings is 1. The molecule has 4 heteroatoms. The number of nitrogens with zero attached hydrogens (tertiary/aromatic N) is 2. The molecule has 2 heterocycles. The summed E-state index contributed by atoms with van der Waals surface area (Å²) in [7, 11) is 1.94. The minimum atomic E-state index is 0.783. The Kier molecular flexibility index (Phi) is 3.24. The molecule has 3 rings (SSSR count). The molecule has 0 aliphatic rings. The summed E-state index contributed by atoms with van der Waals surface area (Å²) in [6.07, 6.45) is 2.00. The maximum absolute atomic E-state index is 4.69. The highest BCUT2D eigenvalue weighted by Crippen LogP contribution is 2.25. The van der Waals surface area contributed by atoms with E-state index in [1.165, 1.54) is 11.1 Å². The number of fused-ring (bicyclic) bond motifs is 1. The van der Waals surface area contributed by atoms with Gasteiger partial charge >= 0.3 is 0 Å². The van der Waals surface area contributed by atoms with Crippen molar-refractivity contribution in [2.75, 3.05) is 7.05 Å². The highest BCUT2D eigenvalue weighted by atomic mass is 15.0. The molecule has 2 aromatic heterocycles. The molecule has 20 heavy (non-hydrogen) atoms. The van der Waals surface area contributed by atoms with Gasteiger partial charge in [-0.1, -0.05) is 24.3 Å². The molecule has 0 atom stereocenters. The Balaban J connectivity index is 2.19. The minimum Gasteiger partial charge on any atom is -0.346 e. The van der Waals surface area contributed by atoms with Crippen LogP contribution < -0.4 is 5.32 Å². The molecule has 0 aliphatic heterocycles. The fraction of sp³-hybridized carbons (Fsp3) is 0.250. The molecule has 0 amide bonds. The summed E-state index contributed by atoms with van der Waals surface area (Å²) in [5, 5.41) is 4.29. The van der Waals surface area contributed by atoms with E-state index in [1.54, 1.807) is 0 Å². The summed E-state index contributed by atoms with van der Waals surface area (Å²) in [4.78, 5) is 12.6. The van der Waals surface area contributed by atoms with Gasteiger partial charge in [-0.15, -0.1) is 0 Å². The maximum atomic E-state index is 4.69. The van der Waals surface area contributed by atoms with E-state index < -0.39 is 0 Å². The van der Waals surface area contributed by atoms with Crippen molar-refractivity contribution in [3.05, 3.63) is 47.3 Å². The third-order valence-electron chi connectivity index (χ3n) is 3.55. The zero-order valence-corrected chi connectivity index (χ0v) is 12.0. The number of H-pyrrole nitrogens is 1. The number of nitrogens with one attached hydrogen (secondary N) is 2. The Bertz CT molecular complexity index is 758. The molecular formula is C16H18N4. The first-order valence-electron chi connectivity index (χ1n) is 6.76. The van der Waals surface area contributed by atoms with E-state index in [1.807, 2.05) is 32.3 Å². The predicted octanol–water partition coefficient (Wildman–Crippen LogP) is 2.96. The summed E-state index contributed by atoms with van der Waals surface area (Å²) in [5.41, 5.74) is 5.40. The fourth-order valence-corrected chi connectivity index (χ4v) is 2.56. The molecule has 0 radical (unpaired) electrons. The normalized spacial score (nSPS) is 11.2. The number of aromatic amines is 1. The number of aromatic nitrogens is 3. The van der Waals surface area contributed by atoms with Gasteiger partial charge in [0.25, 0.3) is 0 Å². The van der Waals surface area contributed by atoms with Gasteiger partial charge < -0.3 is 10.3 Å². The van der Waals surface area contributed by atoms with Crippen LogP contribution in [0.15, 0.2) is 30.5 Å². The largest absolute Gasteiger partial charge is 0.346 e. The van der Waals surface area contributed by atoms with E-state index in [0.717, 1.165) is 34.7 Å². The monoisotopic (exact) mass is 266 g/mol. The Morgan fingerprint density at radius 1 is 1.15 bits per heavy atom. The number of hydrogen-bond donors (Lipinski definition) is 2. The second kappa shape index (κ2) is 5.06. The molecule has 0 aliphatic carbocycles. The molecular weight excluding hydrogens is 248 g/mol. The summed E-state index contributed by atoms with van der Waals surface area (Å²) < 4.78 is 0. The summed E-state index contributed by atoms with van der Waals surface area (Å²) in [6, 6.07) is 8.20. The van der Waals surface area contributed by atoms with E-state index in [-0.39, 0.29) is 0 Å². The second-order valence-electron chi connectivity index (χ2n) is 5.02. The SMILES string of the molecule is CNCc1c[nH]c2nc(-c3ccccc3C)nc(C)c12. The van der Waals surface area contributed by atoms with Gasteiger partial charge in [0, 0.05) is 23.7 Å². The highest BCUT2D eigenvalue weighted by molar-refractivity contribution is 5.84. The van der Waals surface area contributed by atoms with Crippen molar-refractivity contribution >= 4 is 11.0 Å². The fourth-order valence-electron chi connectivity index (χ4n) is 2.56. The lowest BCUT2D eigenvalue weighted by molar-refractivity contribution is 0.822. The average Bonchev–Trinajstić information content (AvgIpc) is 2.83. The summed E-state index contributed by atoms with van der Waals surface area (Å²) in [5.74, 6) is 0.783. The quantitative estimate of drug-likeness (QED) is 0.766. The van der Waals surface area contributed by atoms with Crippen molar-refractivity contribution in [3.63, 3.8) is 0 Å². The lowest BCUT2D eigenvalue weighted by Gasteiger charge is -2.07. The van der Waals surface area contributed by atoms with Gasteiger partial charge in [0.05, 0.1) is 5.69 Å². The number of hydrogen-bond acceptors (Lipinski definition) is 3. The molecule has 1 aromatic carbocycles. The van der Waals surface area contributed by atoms with Crippen LogP contribution in [0.2, 0.25) is 0 Å². The number of rotatable bonds is 3. The molecule has 0 saturated carbocycles. The Morgan fingerprint density at radius 3 is 2.70 bits per heavy atom. The van der Waals surface area contributed by atoms with E-state index in [9.17, 15) is 0 Å². The third-order valence-corrected chi connectivity index (χ3v) is 3.55. The minimum absolute atomic E-state index is 0.783. The van der Waals surface area contributed by atoms with Crippen molar-refractivity contribution in [1.29, 1.82) is 0 Å². The van der Waals surface area contributed by atoms with Crippen molar-refractivity contribution in [1.82, 2.24) is 20.3 Å². The molecule has 0 unspecified atom stereocenters. The second-order valence-corrected chi connectivity index (χ2v) is 5.02. The Labute approximate surface area is 118 Å². The van der Waals surface area contributed by atoms with Gasteiger partial charge in [-0.2, -0.15) is 0 Å². The molecule has 2 N–H and O–H groups in total. The summed E-state index contributed by atoms with van der Waals surface area (Å²) >= 11 is 0. The van der Waals surface area contributed by atoms with E-state index in [2.05, 4.69) is 39.3 Å². The van der Waals surface area contributed by atoms with Crippen LogP contribution in [0.3, 0.4) is 0 Å². The topological polar surface area (TPSA) is 53.6 Å². The van der Waals surface area contributed by atoms with E-state index in [0.29, 0.717) is 0 Å². The van der Waals surface area contributed by atoms with Crippen LogP contribution in [0.1, 0.15) is 16.8 Å². The maximum Gasteiger partial charge on any atom is 0.162 e. The van der Waals surface area contributed by atoms with E-state index >= 15 is 0 Å². The van der Waals surface area contributed by atoms with Crippen molar-refractivity contribution in [2.45, 2.75) is 20.4 Å². The van der Waals surface area contributed by atoms with Crippen LogP contribution in [0.4, 0.5) is 0 Å². The lowest BCUT2D eigenvalue weighted by Crippen LogP contribution is -2.05. The van der Waals surface area contributed by atoms with Crippen molar-refractivity contribution in [2.24, 2.45) is 0 Å². The third kappa shape index (κ3) is 2.08. The van der Waals surface area contributed by atoms with Gasteiger partial charge in [0.15, 0.2) is 5.82 Å². The molecule has 0 saturated heterocycles. The zero-order valence-electron chi connectivity index (χ0n) is 12.0. The van der Waals surface area contributed by atoms with Crippen LogP contribution in [0, 0.1) is 13.8 Å². The average molecular weight is 266 g/mol. The molecule has 102 valence electrons. The predicted molar refractivity (Wildman–Crippen MR) is 81.6 cm³/mol. The van der Waals surface area contributed by atoms with Gasteiger partial charge in [-0.25, -0.2) is 9.97 Å². The smallest absolute Gasteiger partial charge is 0.162 e. The van der Waals surface area contributed by atoms with Crippen LogP contribution in [0.25, 0.3) is 22.4 Å². The van der Waals surface area contributed by atoms with Crippen molar-refractivity contribution in [3.8, 4) is 11.4 Å². The molecule has 3 aromatic rings. The van der Waals surface area contributed by atoms with Crippen molar-refractivity contribution < 1.29 is 0 Å². The Hall–Kier alpha value is -2.20. The molecule has 0 bridgehead atoms. The lowest BCUT2D eigenvalue weighted by atomic mass is 10.1. The first kappa shape index (κ1) is 12.8. The Morgan fingerprint density at radius 2 is 1.95 bits per heavy atom. The van der Waals surface area contributed by atoms with Crippen LogP contribution >= 0.6 is 0 Å². The highest BCUT2D eigenvalue weighted by Gasteiger charge is 2.12. The van der Waals surface area contributed by atoms with Crippen LogP contribution in [-0.4, -0.2) is 22.0 Å². The van der Waals surface area contributed by atoms with Gasteiger partial charge in [-0.3, -0.25) is 0 Å². The van der Waals surface area contributed by atoms with Crippen LogP contribution in [0.5, 0.6) is 0 Å². The summed E-state index contributed by atoms with van der Waals surface area (Å²) in [6.45, 7) is 4.94.